The number of thiazole rings is 1. The monoisotopic (exact) mass is 357 g/mol. The van der Waals surface area contributed by atoms with Crippen LogP contribution in [0.25, 0.3) is 31.8 Å². The van der Waals surface area contributed by atoms with E-state index >= 15 is 0 Å². The molecule has 0 spiro atoms. The number of methoxy groups -OCH3 is 1. The average Bonchev–Trinajstić information content (AvgIpc) is 2.98. The zero-order chi connectivity index (χ0) is 17.6. The van der Waals surface area contributed by atoms with E-state index in [1.807, 2.05) is 13.0 Å². The van der Waals surface area contributed by atoms with Gasteiger partial charge in [-0.3, -0.25) is 4.79 Å². The van der Waals surface area contributed by atoms with Crippen molar-refractivity contribution in [3.8, 4) is 0 Å². The van der Waals surface area contributed by atoms with Crippen LogP contribution in [0.5, 0.6) is 0 Å². The summed E-state index contributed by atoms with van der Waals surface area (Å²) in [5.41, 5.74) is 0.538. The van der Waals surface area contributed by atoms with E-state index < -0.39 is 0 Å². The van der Waals surface area contributed by atoms with Gasteiger partial charge in [0.1, 0.15) is 5.82 Å². The molecule has 0 bridgehead atoms. The number of nitrogens with one attached hydrogen (secondary N) is 2. The van der Waals surface area contributed by atoms with Gasteiger partial charge in [0.2, 0.25) is 0 Å². The summed E-state index contributed by atoms with van der Waals surface area (Å²) in [5.74, 6) is -0.376. The lowest BCUT2D eigenvalue weighted by Gasteiger charge is -2.10. The number of halogens is 1. The molecule has 2 aromatic heterocycles. The summed E-state index contributed by atoms with van der Waals surface area (Å²) in [5, 5.41) is 6.67. The third-order valence-electron chi connectivity index (χ3n) is 4.13. The van der Waals surface area contributed by atoms with E-state index in [9.17, 15) is 9.18 Å². The van der Waals surface area contributed by atoms with Crippen molar-refractivity contribution >= 4 is 48.2 Å². The molecule has 4 rings (SSSR count). The first-order valence-electron chi connectivity index (χ1n) is 7.87. The molecular weight excluding hydrogens is 341 g/mol. The number of aromatic amines is 1. The van der Waals surface area contributed by atoms with E-state index in [1.165, 1.54) is 23.5 Å². The van der Waals surface area contributed by atoms with Gasteiger partial charge in [0.15, 0.2) is 5.13 Å². The molecule has 0 aliphatic rings. The number of fused-ring (bicyclic) bond motifs is 6. The van der Waals surface area contributed by atoms with Crippen molar-refractivity contribution in [3.05, 3.63) is 46.6 Å². The van der Waals surface area contributed by atoms with Gasteiger partial charge in [-0.05, 0) is 31.2 Å². The molecule has 2 heterocycles. The third kappa shape index (κ3) is 2.65. The molecule has 0 radical (unpaired) electrons. The van der Waals surface area contributed by atoms with Crippen LogP contribution < -0.4 is 10.9 Å². The molecule has 25 heavy (non-hydrogen) atoms. The summed E-state index contributed by atoms with van der Waals surface area (Å²) >= 11 is 1.48. The van der Waals surface area contributed by atoms with Crippen LogP contribution in [0.2, 0.25) is 0 Å². The fraction of sp³-hybridized carbons (Fsp3) is 0.222. The summed E-state index contributed by atoms with van der Waals surface area (Å²) in [6.45, 7) is 2.56. The molecule has 5 nitrogen and oxygen atoms in total. The Hall–Kier alpha value is -2.51. The molecule has 128 valence electrons. The maximum atomic E-state index is 13.8. The predicted molar refractivity (Wildman–Crippen MR) is 100 cm³/mol. The average molecular weight is 357 g/mol. The topological polar surface area (TPSA) is 67.0 Å². The minimum Gasteiger partial charge on any atom is -0.383 e. The molecule has 2 aromatic carbocycles. The van der Waals surface area contributed by atoms with Crippen molar-refractivity contribution in [1.29, 1.82) is 0 Å². The number of anilines is 1. The van der Waals surface area contributed by atoms with Crippen LogP contribution in [0.4, 0.5) is 9.52 Å². The van der Waals surface area contributed by atoms with Gasteiger partial charge in [-0.15, -0.1) is 0 Å². The first-order chi connectivity index (χ1) is 12.1. The minimum atomic E-state index is -0.376. The number of rotatable bonds is 4. The molecule has 1 atom stereocenters. The van der Waals surface area contributed by atoms with Crippen molar-refractivity contribution in [3.63, 3.8) is 0 Å². The Morgan fingerprint density at radius 2 is 2.16 bits per heavy atom. The molecule has 2 N–H and O–H groups in total. The number of hydrogen-bond acceptors (Lipinski definition) is 5. The SMILES string of the molecule is COCC(C)Nc1nc2c3ccc(F)cc3c3c(=O)[nH]ccc3c2s1. The van der Waals surface area contributed by atoms with Crippen molar-refractivity contribution in [2.75, 3.05) is 19.0 Å². The highest BCUT2D eigenvalue weighted by Crippen LogP contribution is 2.38. The fourth-order valence-electron chi connectivity index (χ4n) is 3.11. The van der Waals surface area contributed by atoms with Crippen LogP contribution in [0.1, 0.15) is 6.92 Å². The Kier molecular flexibility index (Phi) is 3.89. The summed E-state index contributed by atoms with van der Waals surface area (Å²) < 4.78 is 19.9. The number of ether oxygens (including phenoxy) is 1. The van der Waals surface area contributed by atoms with Gasteiger partial charge < -0.3 is 15.0 Å². The molecule has 7 heteroatoms. The lowest BCUT2D eigenvalue weighted by Crippen LogP contribution is -2.20. The largest absolute Gasteiger partial charge is 0.383 e. The Balaban J connectivity index is 2.06. The number of aromatic nitrogens is 2. The molecule has 0 saturated carbocycles. The van der Waals surface area contributed by atoms with Crippen LogP contribution >= 0.6 is 11.3 Å². The summed E-state index contributed by atoms with van der Waals surface area (Å²) in [4.78, 5) is 19.8. The van der Waals surface area contributed by atoms with Gasteiger partial charge in [-0.1, -0.05) is 11.3 Å². The van der Waals surface area contributed by atoms with Crippen molar-refractivity contribution in [1.82, 2.24) is 9.97 Å². The van der Waals surface area contributed by atoms with Crippen LogP contribution in [0.15, 0.2) is 35.3 Å². The quantitative estimate of drug-likeness (QED) is 0.544. The Labute approximate surface area is 146 Å². The number of H-pyrrole nitrogens is 1. The van der Waals surface area contributed by atoms with Gasteiger partial charge >= 0.3 is 0 Å². The summed E-state index contributed by atoms with van der Waals surface area (Å²) in [6, 6.07) is 6.41. The van der Waals surface area contributed by atoms with Gasteiger partial charge in [-0.2, -0.15) is 0 Å². The normalized spacial score (nSPS) is 12.9. The van der Waals surface area contributed by atoms with Gasteiger partial charge in [0.25, 0.3) is 5.56 Å². The summed E-state index contributed by atoms with van der Waals surface area (Å²) in [6.07, 6.45) is 1.61. The molecule has 0 aliphatic heterocycles. The first kappa shape index (κ1) is 16.0. The lowest BCUT2D eigenvalue weighted by molar-refractivity contribution is 0.190. The van der Waals surface area contributed by atoms with Crippen molar-refractivity contribution < 1.29 is 9.13 Å². The Bertz CT molecular complexity index is 1150. The second kappa shape index (κ2) is 6.09. The van der Waals surface area contributed by atoms with Crippen molar-refractivity contribution in [2.24, 2.45) is 0 Å². The lowest BCUT2D eigenvalue weighted by atomic mass is 10.0. The highest BCUT2D eigenvalue weighted by Gasteiger charge is 2.16. The van der Waals surface area contributed by atoms with E-state index in [0.29, 0.717) is 17.4 Å². The third-order valence-corrected chi connectivity index (χ3v) is 5.15. The smallest absolute Gasteiger partial charge is 0.256 e. The Morgan fingerprint density at radius 1 is 1.32 bits per heavy atom. The van der Waals surface area contributed by atoms with Crippen LogP contribution in [-0.2, 0) is 4.74 Å². The fourth-order valence-corrected chi connectivity index (χ4v) is 4.24. The van der Waals surface area contributed by atoms with E-state index in [2.05, 4.69) is 15.3 Å². The molecule has 4 aromatic rings. The van der Waals surface area contributed by atoms with Gasteiger partial charge in [0, 0.05) is 35.5 Å². The molecule has 0 fully saturated rings. The molecule has 0 saturated heterocycles. The second-order valence-corrected chi connectivity index (χ2v) is 6.98. The van der Waals surface area contributed by atoms with E-state index in [1.54, 1.807) is 19.4 Å². The van der Waals surface area contributed by atoms with Gasteiger partial charge in [-0.25, -0.2) is 9.37 Å². The molecule has 0 amide bonds. The zero-order valence-corrected chi connectivity index (χ0v) is 14.5. The van der Waals surface area contributed by atoms with Crippen molar-refractivity contribution in [2.45, 2.75) is 13.0 Å². The predicted octanol–water partition coefficient (Wildman–Crippen LogP) is 3.88. The van der Waals surface area contributed by atoms with E-state index in [-0.39, 0.29) is 17.4 Å². The number of hydrogen-bond donors (Lipinski definition) is 2. The van der Waals surface area contributed by atoms with Gasteiger partial charge in [0.05, 0.1) is 22.2 Å². The number of nitrogens with zero attached hydrogens (tertiary/aromatic N) is 1. The maximum absolute atomic E-state index is 13.8. The summed E-state index contributed by atoms with van der Waals surface area (Å²) in [7, 11) is 1.65. The van der Waals surface area contributed by atoms with Crippen LogP contribution in [0, 0.1) is 5.82 Å². The molecule has 1 unspecified atom stereocenters. The Morgan fingerprint density at radius 3 is 2.96 bits per heavy atom. The second-order valence-electron chi connectivity index (χ2n) is 5.98. The molecular formula is C18H16FN3O2S. The molecule has 0 aliphatic carbocycles. The van der Waals surface area contributed by atoms with Crippen LogP contribution in [-0.4, -0.2) is 29.7 Å². The highest BCUT2D eigenvalue weighted by atomic mass is 32.1. The number of pyridine rings is 1. The zero-order valence-electron chi connectivity index (χ0n) is 13.7. The van der Waals surface area contributed by atoms with Crippen LogP contribution in [0.3, 0.4) is 0 Å². The number of benzene rings is 2. The first-order valence-corrected chi connectivity index (χ1v) is 8.68. The van der Waals surface area contributed by atoms with E-state index in [0.717, 1.165) is 26.1 Å². The standard InChI is InChI=1S/C18H16FN3O2S/c1-9(8-24-2)21-18-22-15-11-4-3-10(19)7-13(11)14-12(16(15)25-18)5-6-20-17(14)23/h3-7,9H,8H2,1-2H3,(H,20,23)(H,21,22). The van der Waals surface area contributed by atoms with E-state index in [4.69, 9.17) is 4.74 Å². The highest BCUT2D eigenvalue weighted by molar-refractivity contribution is 7.23. The minimum absolute atomic E-state index is 0.101. The maximum Gasteiger partial charge on any atom is 0.256 e.